The molecule has 0 aliphatic carbocycles. The third-order valence-electron chi connectivity index (χ3n) is 6.94. The highest BCUT2D eigenvalue weighted by molar-refractivity contribution is 5.49. The van der Waals surface area contributed by atoms with Crippen molar-refractivity contribution in [3.05, 3.63) is 156 Å². The molecule has 0 amide bonds. The van der Waals surface area contributed by atoms with Gasteiger partial charge < -0.3 is 29.2 Å². The molecule has 4 atom stereocenters. The molecular weight excluding hydrogens is 552 g/mol. The molecule has 0 bridgehead atoms. The standard InChI is InChI=1S/C38H42O6/c39-37(35(43-27-33-19-9-3-10-20-33)29-41-25-13-23-31-15-5-1-6-16-31)38(40)36(44-28-34-21-11-4-12-22-34)30-42-26-14-24-32-17-7-2-8-18-32/h1-24,35-40H,25-30H2/t35-,36-,37-,38-/m1/s1. The number of ether oxygens (including phenoxy) is 4. The normalized spacial score (nSPS) is 14.5. The minimum atomic E-state index is -1.29. The third kappa shape index (κ3) is 12.0. The van der Waals surface area contributed by atoms with Crippen LogP contribution in [0.15, 0.2) is 133 Å². The quantitative estimate of drug-likeness (QED) is 0.123. The van der Waals surface area contributed by atoms with Crippen LogP contribution in [-0.2, 0) is 32.2 Å². The minimum Gasteiger partial charge on any atom is -0.388 e. The molecule has 0 radical (unpaired) electrons. The van der Waals surface area contributed by atoms with E-state index in [1.165, 1.54) is 0 Å². The van der Waals surface area contributed by atoms with Crippen LogP contribution in [0.2, 0.25) is 0 Å². The molecule has 4 aromatic rings. The monoisotopic (exact) mass is 594 g/mol. The van der Waals surface area contributed by atoms with Gasteiger partial charge in [-0.2, -0.15) is 0 Å². The smallest absolute Gasteiger partial charge is 0.111 e. The van der Waals surface area contributed by atoms with Gasteiger partial charge in [0.1, 0.15) is 24.4 Å². The molecule has 4 rings (SSSR count). The second-order valence-corrected chi connectivity index (χ2v) is 10.4. The van der Waals surface area contributed by atoms with E-state index in [0.717, 1.165) is 22.3 Å². The Kier molecular flexibility index (Phi) is 14.6. The van der Waals surface area contributed by atoms with Crippen LogP contribution in [0.25, 0.3) is 12.2 Å². The summed E-state index contributed by atoms with van der Waals surface area (Å²) in [7, 11) is 0. The molecule has 0 aliphatic rings. The highest BCUT2D eigenvalue weighted by Crippen LogP contribution is 2.16. The molecule has 230 valence electrons. The Balaban J connectivity index is 1.38. The summed E-state index contributed by atoms with van der Waals surface area (Å²) in [5.74, 6) is 0. The first-order valence-electron chi connectivity index (χ1n) is 14.9. The van der Waals surface area contributed by atoms with Crippen molar-refractivity contribution in [2.45, 2.75) is 37.6 Å². The Hall–Kier alpha value is -3.88. The van der Waals surface area contributed by atoms with Gasteiger partial charge in [0.05, 0.1) is 39.6 Å². The Morgan fingerprint density at radius 2 is 0.818 bits per heavy atom. The maximum absolute atomic E-state index is 11.4. The highest BCUT2D eigenvalue weighted by Gasteiger charge is 2.34. The summed E-state index contributed by atoms with van der Waals surface area (Å²) < 4.78 is 24.0. The van der Waals surface area contributed by atoms with Crippen molar-refractivity contribution in [1.82, 2.24) is 0 Å². The van der Waals surface area contributed by atoms with Crippen LogP contribution < -0.4 is 0 Å². The van der Waals surface area contributed by atoms with Crippen LogP contribution in [0.3, 0.4) is 0 Å². The largest absolute Gasteiger partial charge is 0.388 e. The van der Waals surface area contributed by atoms with Gasteiger partial charge in [0.25, 0.3) is 0 Å². The van der Waals surface area contributed by atoms with Gasteiger partial charge in [-0.25, -0.2) is 0 Å². The topological polar surface area (TPSA) is 77.4 Å². The molecule has 2 N–H and O–H groups in total. The lowest BCUT2D eigenvalue weighted by molar-refractivity contribution is -0.166. The molecule has 0 saturated heterocycles. The van der Waals surface area contributed by atoms with E-state index in [4.69, 9.17) is 18.9 Å². The lowest BCUT2D eigenvalue weighted by atomic mass is 10.0. The van der Waals surface area contributed by atoms with E-state index >= 15 is 0 Å². The summed E-state index contributed by atoms with van der Waals surface area (Å²) in [6.45, 7) is 1.33. The summed E-state index contributed by atoms with van der Waals surface area (Å²) >= 11 is 0. The van der Waals surface area contributed by atoms with Gasteiger partial charge in [-0.05, 0) is 22.3 Å². The number of hydrogen-bond acceptors (Lipinski definition) is 6. The van der Waals surface area contributed by atoms with Crippen LogP contribution in [-0.4, -0.2) is 61.1 Å². The van der Waals surface area contributed by atoms with E-state index in [9.17, 15) is 10.2 Å². The van der Waals surface area contributed by atoms with Gasteiger partial charge in [-0.1, -0.05) is 146 Å². The Bertz CT molecular complexity index is 1240. The van der Waals surface area contributed by atoms with E-state index in [1.807, 2.05) is 146 Å². The fourth-order valence-corrected chi connectivity index (χ4v) is 4.49. The number of rotatable bonds is 19. The van der Waals surface area contributed by atoms with E-state index in [0.29, 0.717) is 13.2 Å². The molecule has 0 fully saturated rings. The van der Waals surface area contributed by atoms with Crippen LogP contribution in [0, 0.1) is 0 Å². The number of aliphatic hydroxyl groups excluding tert-OH is 2. The van der Waals surface area contributed by atoms with Crippen molar-refractivity contribution < 1.29 is 29.2 Å². The number of benzene rings is 4. The van der Waals surface area contributed by atoms with Gasteiger partial charge in [-0.15, -0.1) is 0 Å². The van der Waals surface area contributed by atoms with Crippen molar-refractivity contribution in [2.75, 3.05) is 26.4 Å². The van der Waals surface area contributed by atoms with Crippen LogP contribution in [0.4, 0.5) is 0 Å². The molecule has 0 aromatic heterocycles. The predicted molar refractivity (Wildman–Crippen MR) is 175 cm³/mol. The van der Waals surface area contributed by atoms with E-state index in [2.05, 4.69) is 0 Å². The molecule has 6 heteroatoms. The van der Waals surface area contributed by atoms with Crippen molar-refractivity contribution in [1.29, 1.82) is 0 Å². The Morgan fingerprint density at radius 3 is 1.18 bits per heavy atom. The Labute approximate surface area is 260 Å². The highest BCUT2D eigenvalue weighted by atomic mass is 16.6. The predicted octanol–water partition coefficient (Wildman–Crippen LogP) is 6.34. The maximum atomic E-state index is 11.4. The van der Waals surface area contributed by atoms with Gasteiger partial charge in [0.2, 0.25) is 0 Å². The zero-order chi connectivity index (χ0) is 30.7. The van der Waals surface area contributed by atoms with Gasteiger partial charge in [0, 0.05) is 0 Å². The summed E-state index contributed by atoms with van der Waals surface area (Å²) in [5, 5.41) is 22.8. The van der Waals surface area contributed by atoms with E-state index in [1.54, 1.807) is 0 Å². The number of aliphatic hydroxyl groups is 2. The first kappa shape index (κ1) is 33.0. The molecule has 0 saturated carbocycles. The molecule has 44 heavy (non-hydrogen) atoms. The van der Waals surface area contributed by atoms with Crippen molar-refractivity contribution >= 4 is 12.2 Å². The fraction of sp³-hybridized carbons (Fsp3) is 0.263. The summed E-state index contributed by atoms with van der Waals surface area (Å²) in [6, 6.07) is 39.3. The maximum Gasteiger partial charge on any atom is 0.111 e. The Morgan fingerprint density at radius 1 is 0.477 bits per heavy atom. The van der Waals surface area contributed by atoms with E-state index < -0.39 is 24.4 Å². The van der Waals surface area contributed by atoms with Crippen molar-refractivity contribution in [2.24, 2.45) is 0 Å². The SMILES string of the molecule is O[C@@H]([C@H](O)[C@@H](COCC=Cc1ccccc1)OCc1ccccc1)[C@@H](COCC=Cc1ccccc1)OCc1ccccc1. The average Bonchev–Trinajstić information content (AvgIpc) is 3.08. The second kappa shape index (κ2) is 19.4. The first-order valence-corrected chi connectivity index (χ1v) is 14.9. The van der Waals surface area contributed by atoms with Gasteiger partial charge in [0.15, 0.2) is 0 Å². The molecule has 4 aromatic carbocycles. The zero-order valence-electron chi connectivity index (χ0n) is 24.9. The zero-order valence-corrected chi connectivity index (χ0v) is 24.9. The molecule has 0 spiro atoms. The van der Waals surface area contributed by atoms with Gasteiger partial charge >= 0.3 is 0 Å². The molecular formula is C38H42O6. The lowest BCUT2D eigenvalue weighted by Gasteiger charge is -2.31. The summed E-state index contributed by atoms with van der Waals surface area (Å²) in [5.41, 5.74) is 4.04. The molecule has 0 aliphatic heterocycles. The summed E-state index contributed by atoms with van der Waals surface area (Å²) in [6.07, 6.45) is 3.57. The minimum absolute atomic E-state index is 0.0796. The van der Waals surface area contributed by atoms with Crippen LogP contribution in [0.5, 0.6) is 0 Å². The van der Waals surface area contributed by atoms with Crippen LogP contribution >= 0.6 is 0 Å². The van der Waals surface area contributed by atoms with Crippen LogP contribution in [0.1, 0.15) is 22.3 Å². The third-order valence-corrected chi connectivity index (χ3v) is 6.94. The molecule has 0 unspecified atom stereocenters. The van der Waals surface area contributed by atoms with Crippen molar-refractivity contribution in [3.63, 3.8) is 0 Å². The molecule has 0 heterocycles. The lowest BCUT2D eigenvalue weighted by Crippen LogP contribution is -2.49. The summed E-state index contributed by atoms with van der Waals surface area (Å²) in [4.78, 5) is 0. The average molecular weight is 595 g/mol. The number of hydrogen-bond donors (Lipinski definition) is 2. The fourth-order valence-electron chi connectivity index (χ4n) is 4.49. The van der Waals surface area contributed by atoms with Crippen molar-refractivity contribution in [3.8, 4) is 0 Å². The van der Waals surface area contributed by atoms with Gasteiger partial charge in [-0.3, -0.25) is 0 Å². The first-order chi connectivity index (χ1) is 21.7. The van der Waals surface area contributed by atoms with E-state index in [-0.39, 0.29) is 26.4 Å². The molecule has 6 nitrogen and oxygen atoms in total. The second-order valence-electron chi connectivity index (χ2n) is 10.4.